The Morgan fingerprint density at radius 3 is 2.50 bits per heavy atom. The fourth-order valence-corrected chi connectivity index (χ4v) is 5.25. The molecule has 2 heterocycles. The first kappa shape index (κ1) is 31.7. The standard InChI is InChI=1S/C39H29FN4O4/c1-47-19-18-44-36-22-31(39(45)46)16-17-35(36)42-37(44)23-29-14-15-30(21-28(29)12-10-26-6-3-2-4-7-26)34-8-5-9-38(43-34)48-25-32-13-11-27(24-41)20-33(32)40/h2-9,11,13-17,20-22H,18-19,23,25H2,1H3,(H,45,46). The van der Waals surface area contributed by atoms with Gasteiger partial charge in [-0.2, -0.15) is 5.26 Å². The highest BCUT2D eigenvalue weighted by Crippen LogP contribution is 2.27. The van der Waals surface area contributed by atoms with Crippen LogP contribution in [0.1, 0.15) is 44.0 Å². The Labute approximate surface area is 276 Å². The number of imidazole rings is 1. The molecule has 0 atom stereocenters. The number of aromatic nitrogens is 3. The summed E-state index contributed by atoms with van der Waals surface area (Å²) in [5.41, 5.74) is 6.20. The largest absolute Gasteiger partial charge is 0.478 e. The van der Waals surface area contributed by atoms with Crippen LogP contribution in [0.5, 0.6) is 5.88 Å². The molecule has 2 aromatic heterocycles. The van der Waals surface area contributed by atoms with Gasteiger partial charge in [-0.15, -0.1) is 0 Å². The van der Waals surface area contributed by atoms with E-state index in [1.165, 1.54) is 12.1 Å². The van der Waals surface area contributed by atoms with E-state index < -0.39 is 11.8 Å². The van der Waals surface area contributed by atoms with E-state index in [0.29, 0.717) is 42.2 Å². The summed E-state index contributed by atoms with van der Waals surface area (Å²) in [4.78, 5) is 21.2. The number of methoxy groups -OCH3 is 1. The number of hydrogen-bond acceptors (Lipinski definition) is 6. The van der Waals surface area contributed by atoms with Crippen LogP contribution in [0, 0.1) is 29.0 Å². The SMILES string of the molecule is COCCn1c(Cc2ccc(-c3cccc(OCc4ccc(C#N)cc4F)n3)cc2C#Cc2ccccc2)nc2ccc(C(=O)O)cc21. The van der Waals surface area contributed by atoms with Crippen LogP contribution < -0.4 is 4.74 Å². The number of carboxylic acids is 1. The van der Waals surface area contributed by atoms with Crippen molar-refractivity contribution in [2.45, 2.75) is 19.6 Å². The Morgan fingerprint density at radius 1 is 0.896 bits per heavy atom. The zero-order valence-corrected chi connectivity index (χ0v) is 26.0. The van der Waals surface area contributed by atoms with Crippen LogP contribution in [0.3, 0.4) is 0 Å². The molecule has 1 N–H and O–H groups in total. The third kappa shape index (κ3) is 7.23. The molecule has 0 saturated carbocycles. The Hall–Kier alpha value is -6.29. The predicted molar refractivity (Wildman–Crippen MR) is 179 cm³/mol. The van der Waals surface area contributed by atoms with E-state index in [1.54, 1.807) is 37.4 Å². The number of nitriles is 1. The molecular formula is C39H29FN4O4. The third-order valence-corrected chi connectivity index (χ3v) is 7.74. The van der Waals surface area contributed by atoms with Gasteiger partial charge in [-0.25, -0.2) is 19.2 Å². The lowest BCUT2D eigenvalue weighted by atomic mass is 9.99. The van der Waals surface area contributed by atoms with Crippen molar-refractivity contribution in [3.05, 3.63) is 148 Å². The van der Waals surface area contributed by atoms with Crippen LogP contribution in [0.15, 0.2) is 103 Å². The predicted octanol–water partition coefficient (Wildman–Crippen LogP) is 7.02. The zero-order valence-electron chi connectivity index (χ0n) is 26.0. The van der Waals surface area contributed by atoms with Gasteiger partial charge in [0.2, 0.25) is 5.88 Å². The Balaban J connectivity index is 1.35. The molecule has 0 bridgehead atoms. The van der Waals surface area contributed by atoms with Crippen molar-refractivity contribution < 1.29 is 23.8 Å². The van der Waals surface area contributed by atoms with Gasteiger partial charge >= 0.3 is 5.97 Å². The van der Waals surface area contributed by atoms with Crippen LogP contribution in [-0.4, -0.2) is 39.3 Å². The summed E-state index contributed by atoms with van der Waals surface area (Å²) in [5, 5.41) is 18.6. The minimum atomic E-state index is -1.00. The average Bonchev–Trinajstić information content (AvgIpc) is 3.46. The fraction of sp³-hybridized carbons (Fsp3) is 0.128. The Kier molecular flexibility index (Phi) is 9.52. The van der Waals surface area contributed by atoms with Crippen molar-refractivity contribution in [3.8, 4) is 35.0 Å². The van der Waals surface area contributed by atoms with E-state index >= 15 is 0 Å². The number of nitrogens with zero attached hydrogens (tertiary/aromatic N) is 4. The number of benzene rings is 4. The number of carboxylic acid groups (broad SMARTS) is 1. The lowest BCUT2D eigenvalue weighted by Crippen LogP contribution is -2.10. The lowest BCUT2D eigenvalue weighted by Gasteiger charge is -2.12. The van der Waals surface area contributed by atoms with Crippen molar-refractivity contribution in [2.24, 2.45) is 0 Å². The summed E-state index contributed by atoms with van der Waals surface area (Å²) in [5.74, 6) is 6.17. The minimum absolute atomic E-state index is 0.0429. The summed E-state index contributed by atoms with van der Waals surface area (Å²) >= 11 is 0. The van der Waals surface area contributed by atoms with E-state index in [0.717, 1.165) is 33.6 Å². The van der Waals surface area contributed by atoms with Gasteiger partial charge in [-0.1, -0.05) is 54.3 Å². The number of pyridine rings is 1. The summed E-state index contributed by atoms with van der Waals surface area (Å²) in [6.07, 6.45) is 0.437. The van der Waals surface area contributed by atoms with Gasteiger partial charge in [-0.3, -0.25) is 0 Å². The van der Waals surface area contributed by atoms with Gasteiger partial charge in [-0.05, 0) is 60.2 Å². The van der Waals surface area contributed by atoms with E-state index in [9.17, 15) is 14.3 Å². The smallest absolute Gasteiger partial charge is 0.335 e. The van der Waals surface area contributed by atoms with Crippen LogP contribution in [0.2, 0.25) is 0 Å². The van der Waals surface area contributed by atoms with Gasteiger partial charge in [0.1, 0.15) is 18.2 Å². The van der Waals surface area contributed by atoms with Gasteiger partial charge in [0.05, 0.1) is 40.5 Å². The van der Waals surface area contributed by atoms with Crippen LogP contribution in [0.4, 0.5) is 4.39 Å². The molecule has 48 heavy (non-hydrogen) atoms. The normalized spacial score (nSPS) is 10.7. The average molecular weight is 637 g/mol. The minimum Gasteiger partial charge on any atom is -0.478 e. The van der Waals surface area contributed by atoms with Crippen LogP contribution in [-0.2, 0) is 24.3 Å². The van der Waals surface area contributed by atoms with E-state index in [-0.39, 0.29) is 17.7 Å². The summed E-state index contributed by atoms with van der Waals surface area (Å²) in [6, 6.07) is 32.1. The molecule has 0 aliphatic rings. The summed E-state index contributed by atoms with van der Waals surface area (Å²) in [7, 11) is 1.62. The van der Waals surface area contributed by atoms with Crippen molar-refractivity contribution >= 4 is 17.0 Å². The second kappa shape index (κ2) is 14.4. The molecule has 0 spiro atoms. The molecule has 0 radical (unpaired) electrons. The van der Waals surface area contributed by atoms with Crippen molar-refractivity contribution in [2.75, 3.05) is 13.7 Å². The number of fused-ring (bicyclic) bond motifs is 1. The maximum Gasteiger partial charge on any atom is 0.335 e. The molecule has 4 aromatic carbocycles. The summed E-state index contributed by atoms with van der Waals surface area (Å²) in [6.45, 7) is 0.883. The van der Waals surface area contributed by atoms with Gasteiger partial charge in [0, 0.05) is 48.4 Å². The van der Waals surface area contributed by atoms with Crippen molar-refractivity contribution in [1.29, 1.82) is 5.26 Å². The monoisotopic (exact) mass is 636 g/mol. The van der Waals surface area contributed by atoms with Gasteiger partial charge in [0.15, 0.2) is 0 Å². The quantitative estimate of drug-likeness (QED) is 0.161. The number of ether oxygens (including phenoxy) is 2. The number of rotatable bonds is 10. The maximum absolute atomic E-state index is 14.4. The molecule has 0 saturated heterocycles. The van der Waals surface area contributed by atoms with Gasteiger partial charge in [0.25, 0.3) is 0 Å². The Bertz CT molecular complexity index is 2230. The molecule has 0 aliphatic heterocycles. The third-order valence-electron chi connectivity index (χ3n) is 7.74. The topological polar surface area (TPSA) is 110 Å². The number of carbonyl (C=O) groups is 1. The molecule has 0 aliphatic carbocycles. The highest BCUT2D eigenvalue weighted by molar-refractivity contribution is 5.92. The molecule has 6 aromatic rings. The number of halogens is 1. The summed E-state index contributed by atoms with van der Waals surface area (Å²) < 4.78 is 27.6. The first-order valence-corrected chi connectivity index (χ1v) is 15.1. The Morgan fingerprint density at radius 2 is 1.73 bits per heavy atom. The zero-order chi connectivity index (χ0) is 33.5. The molecule has 9 heteroatoms. The maximum atomic E-state index is 14.4. The lowest BCUT2D eigenvalue weighted by molar-refractivity contribution is 0.0697. The molecule has 0 unspecified atom stereocenters. The molecule has 236 valence electrons. The van der Waals surface area contributed by atoms with E-state index in [2.05, 4.69) is 16.8 Å². The molecule has 0 amide bonds. The van der Waals surface area contributed by atoms with Crippen molar-refractivity contribution in [3.63, 3.8) is 0 Å². The van der Waals surface area contributed by atoms with Crippen LogP contribution >= 0.6 is 0 Å². The molecular weight excluding hydrogens is 607 g/mol. The number of aromatic carboxylic acids is 1. The highest BCUT2D eigenvalue weighted by atomic mass is 19.1. The number of hydrogen-bond donors (Lipinski definition) is 1. The van der Waals surface area contributed by atoms with E-state index in [4.69, 9.17) is 19.7 Å². The first-order valence-electron chi connectivity index (χ1n) is 15.1. The second-order valence-corrected chi connectivity index (χ2v) is 10.9. The first-order chi connectivity index (χ1) is 23.4. The van der Waals surface area contributed by atoms with Crippen LogP contribution in [0.25, 0.3) is 22.3 Å². The fourth-order valence-electron chi connectivity index (χ4n) is 5.25. The molecule has 0 fully saturated rings. The van der Waals surface area contributed by atoms with Gasteiger partial charge < -0.3 is 19.1 Å². The molecule has 8 nitrogen and oxygen atoms in total. The highest BCUT2D eigenvalue weighted by Gasteiger charge is 2.16. The van der Waals surface area contributed by atoms with E-state index in [1.807, 2.05) is 71.3 Å². The second-order valence-electron chi connectivity index (χ2n) is 10.9. The molecule has 6 rings (SSSR count). The van der Waals surface area contributed by atoms with Crippen molar-refractivity contribution in [1.82, 2.24) is 14.5 Å².